The maximum Gasteiger partial charge on any atom is 0.0224 e. The van der Waals surface area contributed by atoms with E-state index < -0.39 is 0 Å². The van der Waals surface area contributed by atoms with Crippen molar-refractivity contribution in [1.29, 1.82) is 0 Å². The van der Waals surface area contributed by atoms with Crippen LogP contribution >= 0.6 is 0 Å². The predicted molar refractivity (Wildman–Crippen MR) is 81.6 cm³/mol. The standard InChI is InChI=1S/C16H29N3/c1-5-18-9-7-8-16(18)12-17-11-15-10-13(3)19(6-2)14(15)4/h10,16-17H,5-9,11-12H2,1-4H3. The van der Waals surface area contributed by atoms with Crippen LogP contribution in [0.3, 0.4) is 0 Å². The lowest BCUT2D eigenvalue weighted by Gasteiger charge is -2.23. The molecule has 0 saturated carbocycles. The lowest BCUT2D eigenvalue weighted by molar-refractivity contribution is 0.260. The van der Waals surface area contributed by atoms with Gasteiger partial charge in [-0.2, -0.15) is 0 Å². The summed E-state index contributed by atoms with van der Waals surface area (Å²) in [4.78, 5) is 2.60. The van der Waals surface area contributed by atoms with E-state index in [2.05, 4.69) is 48.5 Å². The Balaban J connectivity index is 1.86. The fourth-order valence-electron chi connectivity index (χ4n) is 3.45. The molecule has 1 aliphatic heterocycles. The maximum absolute atomic E-state index is 3.66. The van der Waals surface area contributed by atoms with Gasteiger partial charge < -0.3 is 9.88 Å². The van der Waals surface area contributed by atoms with Crippen molar-refractivity contribution in [3.63, 3.8) is 0 Å². The van der Waals surface area contributed by atoms with Gasteiger partial charge in [-0.15, -0.1) is 0 Å². The average Bonchev–Trinajstić information content (AvgIpc) is 2.95. The lowest BCUT2D eigenvalue weighted by atomic mass is 10.2. The lowest BCUT2D eigenvalue weighted by Crippen LogP contribution is -2.37. The van der Waals surface area contributed by atoms with Crippen LogP contribution in [0.5, 0.6) is 0 Å². The molecule has 0 bridgehead atoms. The zero-order valence-corrected chi connectivity index (χ0v) is 13.0. The highest BCUT2D eigenvalue weighted by atomic mass is 15.2. The Morgan fingerprint density at radius 3 is 2.68 bits per heavy atom. The second-order valence-electron chi connectivity index (χ2n) is 5.70. The molecule has 1 aromatic heterocycles. The number of hydrogen-bond acceptors (Lipinski definition) is 2. The minimum absolute atomic E-state index is 0.750. The summed E-state index contributed by atoms with van der Waals surface area (Å²) in [5, 5.41) is 3.66. The fourth-order valence-corrected chi connectivity index (χ4v) is 3.45. The van der Waals surface area contributed by atoms with E-state index in [-0.39, 0.29) is 0 Å². The molecule has 1 aliphatic rings. The van der Waals surface area contributed by atoms with Gasteiger partial charge in [-0.3, -0.25) is 4.90 Å². The third-order valence-electron chi connectivity index (χ3n) is 4.60. The van der Waals surface area contributed by atoms with Gasteiger partial charge in [-0.1, -0.05) is 6.92 Å². The first kappa shape index (κ1) is 14.6. The second kappa shape index (κ2) is 6.58. The van der Waals surface area contributed by atoms with Gasteiger partial charge in [-0.05, 0) is 58.3 Å². The van der Waals surface area contributed by atoms with E-state index in [4.69, 9.17) is 0 Å². The molecule has 19 heavy (non-hydrogen) atoms. The molecule has 3 heteroatoms. The molecular weight excluding hydrogens is 234 g/mol. The molecule has 0 aromatic carbocycles. The van der Waals surface area contributed by atoms with Crippen molar-refractivity contribution in [2.24, 2.45) is 0 Å². The van der Waals surface area contributed by atoms with Gasteiger partial charge in [-0.25, -0.2) is 0 Å². The first-order valence-electron chi connectivity index (χ1n) is 7.77. The molecule has 1 aromatic rings. The largest absolute Gasteiger partial charge is 0.349 e. The minimum Gasteiger partial charge on any atom is -0.349 e. The van der Waals surface area contributed by atoms with E-state index in [1.54, 1.807) is 0 Å². The first-order valence-corrected chi connectivity index (χ1v) is 7.77. The van der Waals surface area contributed by atoms with Crippen LogP contribution in [0.15, 0.2) is 6.07 Å². The molecule has 1 unspecified atom stereocenters. The van der Waals surface area contributed by atoms with Crippen molar-refractivity contribution in [2.45, 2.75) is 59.7 Å². The molecule has 2 heterocycles. The number of nitrogens with one attached hydrogen (secondary N) is 1. The van der Waals surface area contributed by atoms with Gasteiger partial charge in [0.15, 0.2) is 0 Å². The van der Waals surface area contributed by atoms with Crippen LogP contribution in [-0.2, 0) is 13.1 Å². The molecule has 0 amide bonds. The summed E-state index contributed by atoms with van der Waals surface area (Å²) in [7, 11) is 0. The van der Waals surface area contributed by atoms with Crippen molar-refractivity contribution in [1.82, 2.24) is 14.8 Å². The average molecular weight is 263 g/mol. The summed E-state index contributed by atoms with van der Waals surface area (Å²) >= 11 is 0. The summed E-state index contributed by atoms with van der Waals surface area (Å²) in [6.07, 6.45) is 2.72. The summed E-state index contributed by atoms with van der Waals surface area (Å²) in [6, 6.07) is 3.08. The zero-order chi connectivity index (χ0) is 13.8. The molecule has 108 valence electrons. The van der Waals surface area contributed by atoms with Crippen LogP contribution in [0.2, 0.25) is 0 Å². The number of nitrogens with zero attached hydrogens (tertiary/aromatic N) is 2. The van der Waals surface area contributed by atoms with Crippen LogP contribution in [0.1, 0.15) is 43.6 Å². The van der Waals surface area contributed by atoms with Crippen molar-refractivity contribution in [3.8, 4) is 0 Å². The molecule has 1 N–H and O–H groups in total. The first-order chi connectivity index (χ1) is 9.17. The highest BCUT2D eigenvalue weighted by molar-refractivity contribution is 5.26. The molecular formula is C16H29N3. The molecule has 0 aliphatic carbocycles. The Labute approximate surface area is 118 Å². The Bertz CT molecular complexity index is 408. The van der Waals surface area contributed by atoms with E-state index in [0.29, 0.717) is 0 Å². The third-order valence-corrected chi connectivity index (χ3v) is 4.60. The molecule has 2 rings (SSSR count). The van der Waals surface area contributed by atoms with Crippen LogP contribution < -0.4 is 5.32 Å². The highest BCUT2D eigenvalue weighted by Gasteiger charge is 2.22. The summed E-state index contributed by atoms with van der Waals surface area (Å²) in [6.45, 7) is 14.6. The maximum atomic E-state index is 3.66. The molecule has 0 radical (unpaired) electrons. The highest BCUT2D eigenvalue weighted by Crippen LogP contribution is 2.17. The predicted octanol–water partition coefficient (Wildman–Crippen LogP) is 2.70. The number of likely N-dealkylation sites (N-methyl/N-ethyl adjacent to an activating group) is 1. The van der Waals surface area contributed by atoms with E-state index in [0.717, 1.165) is 25.7 Å². The Hall–Kier alpha value is -0.800. The van der Waals surface area contributed by atoms with E-state index in [9.17, 15) is 0 Å². The SMILES string of the molecule is CCN1CCCC1CNCc1cc(C)n(CC)c1C. The van der Waals surface area contributed by atoms with Crippen LogP contribution in [0, 0.1) is 13.8 Å². The van der Waals surface area contributed by atoms with Crippen molar-refractivity contribution in [2.75, 3.05) is 19.6 Å². The molecule has 0 spiro atoms. The number of likely N-dealkylation sites (tertiary alicyclic amines) is 1. The van der Waals surface area contributed by atoms with Crippen molar-refractivity contribution >= 4 is 0 Å². The number of aromatic nitrogens is 1. The van der Waals surface area contributed by atoms with Crippen LogP contribution in [-0.4, -0.2) is 35.1 Å². The molecule has 1 atom stereocenters. The van der Waals surface area contributed by atoms with Crippen molar-refractivity contribution < 1.29 is 0 Å². The summed E-state index contributed by atoms with van der Waals surface area (Å²) in [5.41, 5.74) is 4.26. The fraction of sp³-hybridized carbons (Fsp3) is 0.750. The van der Waals surface area contributed by atoms with Crippen molar-refractivity contribution in [3.05, 3.63) is 23.0 Å². The van der Waals surface area contributed by atoms with Crippen LogP contribution in [0.25, 0.3) is 0 Å². The third kappa shape index (κ3) is 3.21. The van der Waals surface area contributed by atoms with E-state index in [1.807, 2.05) is 0 Å². The Kier molecular flexibility index (Phi) is 5.06. The smallest absolute Gasteiger partial charge is 0.0224 e. The molecule has 3 nitrogen and oxygen atoms in total. The monoisotopic (exact) mass is 263 g/mol. The second-order valence-corrected chi connectivity index (χ2v) is 5.70. The van der Waals surface area contributed by atoms with Gasteiger partial charge in [0.25, 0.3) is 0 Å². The quantitative estimate of drug-likeness (QED) is 0.851. The normalized spacial score (nSPS) is 20.3. The Morgan fingerprint density at radius 2 is 2.05 bits per heavy atom. The topological polar surface area (TPSA) is 20.2 Å². The Morgan fingerprint density at radius 1 is 1.26 bits per heavy atom. The van der Waals surface area contributed by atoms with Gasteiger partial charge in [0.05, 0.1) is 0 Å². The van der Waals surface area contributed by atoms with Gasteiger partial charge in [0, 0.05) is 37.1 Å². The number of hydrogen-bond donors (Lipinski definition) is 1. The van der Waals surface area contributed by atoms with E-state index >= 15 is 0 Å². The van der Waals surface area contributed by atoms with Gasteiger partial charge in [0.1, 0.15) is 0 Å². The molecule has 1 saturated heterocycles. The number of aryl methyl sites for hydroxylation is 1. The molecule has 1 fully saturated rings. The van der Waals surface area contributed by atoms with Gasteiger partial charge >= 0.3 is 0 Å². The summed E-state index contributed by atoms with van der Waals surface area (Å²) in [5.74, 6) is 0. The van der Waals surface area contributed by atoms with Crippen LogP contribution in [0.4, 0.5) is 0 Å². The van der Waals surface area contributed by atoms with E-state index in [1.165, 1.54) is 42.9 Å². The summed E-state index contributed by atoms with van der Waals surface area (Å²) < 4.78 is 2.39. The zero-order valence-electron chi connectivity index (χ0n) is 13.0. The number of rotatable bonds is 6. The van der Waals surface area contributed by atoms with Gasteiger partial charge in [0.2, 0.25) is 0 Å². The minimum atomic E-state index is 0.750.